The minimum atomic E-state index is -0.333. The Morgan fingerprint density at radius 2 is 1.79 bits per heavy atom. The quantitative estimate of drug-likeness (QED) is 0.718. The van der Waals surface area contributed by atoms with E-state index in [2.05, 4.69) is 27.7 Å². The fourth-order valence-corrected chi connectivity index (χ4v) is 3.62. The first-order valence-corrected chi connectivity index (χ1v) is 9.51. The van der Waals surface area contributed by atoms with Crippen LogP contribution in [0.2, 0.25) is 0 Å². The second kappa shape index (κ2) is 9.48. The highest BCUT2D eigenvalue weighted by atomic mass is 16.5. The molecule has 1 aliphatic heterocycles. The van der Waals surface area contributed by atoms with Crippen LogP contribution < -0.4 is 10.6 Å². The molecule has 1 heterocycles. The number of carbonyl (C=O) groups is 2. The Balaban J connectivity index is 1.59. The van der Waals surface area contributed by atoms with E-state index in [0.29, 0.717) is 12.1 Å². The van der Waals surface area contributed by atoms with Gasteiger partial charge in [-0.3, -0.25) is 9.69 Å². The maximum absolute atomic E-state index is 12.3. The van der Waals surface area contributed by atoms with Gasteiger partial charge in [0.1, 0.15) is 0 Å². The summed E-state index contributed by atoms with van der Waals surface area (Å²) in [7, 11) is 3.06. The second-order valence-corrected chi connectivity index (χ2v) is 7.05. The number of hydrogen-bond acceptors (Lipinski definition) is 5. The normalized spacial score (nSPS) is 19.4. The van der Waals surface area contributed by atoms with Gasteiger partial charge in [0.25, 0.3) is 0 Å². The summed E-state index contributed by atoms with van der Waals surface area (Å²) in [4.78, 5) is 26.1. The Morgan fingerprint density at radius 3 is 2.43 bits per heavy atom. The molecular formula is C22H27N3O3. The highest BCUT2D eigenvalue weighted by Gasteiger charge is 2.35. The number of benzene rings is 2. The van der Waals surface area contributed by atoms with Crippen molar-refractivity contribution in [2.75, 3.05) is 20.7 Å². The number of hydrogen-bond donors (Lipinski definition) is 2. The smallest absolute Gasteiger partial charge is 0.337 e. The Morgan fingerprint density at radius 1 is 1.07 bits per heavy atom. The molecule has 0 spiro atoms. The third-order valence-corrected chi connectivity index (χ3v) is 5.15. The third-order valence-electron chi connectivity index (χ3n) is 5.15. The Hall–Kier alpha value is -2.70. The predicted octanol–water partition coefficient (Wildman–Crippen LogP) is 1.95. The van der Waals surface area contributed by atoms with Crippen LogP contribution in [-0.2, 0) is 22.6 Å². The van der Waals surface area contributed by atoms with Crippen molar-refractivity contribution in [3.63, 3.8) is 0 Å². The van der Waals surface area contributed by atoms with Crippen LogP contribution in [0.15, 0.2) is 54.6 Å². The van der Waals surface area contributed by atoms with E-state index in [1.54, 1.807) is 19.2 Å². The van der Waals surface area contributed by atoms with E-state index >= 15 is 0 Å². The van der Waals surface area contributed by atoms with E-state index < -0.39 is 0 Å². The monoisotopic (exact) mass is 381 g/mol. The molecule has 1 fully saturated rings. The molecule has 148 valence electrons. The van der Waals surface area contributed by atoms with Crippen LogP contribution in [0.4, 0.5) is 0 Å². The van der Waals surface area contributed by atoms with Gasteiger partial charge in [0.15, 0.2) is 0 Å². The van der Waals surface area contributed by atoms with E-state index in [9.17, 15) is 9.59 Å². The number of ether oxygens (including phenoxy) is 1. The Bertz CT molecular complexity index is 792. The topological polar surface area (TPSA) is 70.7 Å². The van der Waals surface area contributed by atoms with Crippen molar-refractivity contribution in [1.82, 2.24) is 15.5 Å². The van der Waals surface area contributed by atoms with Gasteiger partial charge in [0.05, 0.1) is 18.7 Å². The number of nitrogens with zero attached hydrogens (tertiary/aromatic N) is 1. The van der Waals surface area contributed by atoms with Gasteiger partial charge in [-0.25, -0.2) is 4.79 Å². The molecule has 0 unspecified atom stereocenters. The highest BCUT2D eigenvalue weighted by molar-refractivity contribution is 5.89. The zero-order chi connectivity index (χ0) is 19.9. The largest absolute Gasteiger partial charge is 0.465 e. The lowest BCUT2D eigenvalue weighted by molar-refractivity contribution is -0.125. The minimum Gasteiger partial charge on any atom is -0.465 e. The van der Waals surface area contributed by atoms with E-state index in [1.807, 2.05) is 30.3 Å². The van der Waals surface area contributed by atoms with Crippen LogP contribution in [0.5, 0.6) is 0 Å². The number of esters is 1. The fourth-order valence-electron chi connectivity index (χ4n) is 3.62. The van der Waals surface area contributed by atoms with Crippen LogP contribution in [-0.4, -0.2) is 49.6 Å². The van der Waals surface area contributed by atoms with Gasteiger partial charge in [-0.1, -0.05) is 42.5 Å². The molecule has 2 N–H and O–H groups in total. The van der Waals surface area contributed by atoms with E-state index in [-0.39, 0.29) is 24.0 Å². The summed E-state index contributed by atoms with van der Waals surface area (Å²) >= 11 is 0. The van der Waals surface area contributed by atoms with E-state index in [4.69, 9.17) is 4.74 Å². The lowest BCUT2D eigenvalue weighted by Gasteiger charge is -2.22. The van der Waals surface area contributed by atoms with Crippen molar-refractivity contribution < 1.29 is 14.3 Å². The number of methoxy groups -OCH3 is 1. The molecule has 2 atom stereocenters. The lowest BCUT2D eigenvalue weighted by Crippen LogP contribution is -2.41. The standard InChI is InChI=1S/C22H27N3O3/c1-23-21(26)20-12-19(15-25(20)14-17-6-4-3-5-7-17)24-13-16-8-10-18(11-9-16)22(27)28-2/h3-11,19-20,24H,12-15H2,1-2H3,(H,23,26)/t19-,20+/m1/s1. The summed E-state index contributed by atoms with van der Waals surface area (Å²) in [5, 5.41) is 6.33. The van der Waals surface area contributed by atoms with Gasteiger partial charge >= 0.3 is 5.97 Å². The molecular weight excluding hydrogens is 354 g/mol. The predicted molar refractivity (Wildman–Crippen MR) is 108 cm³/mol. The van der Waals surface area contributed by atoms with Crippen LogP contribution in [0.1, 0.15) is 27.9 Å². The summed E-state index contributed by atoms with van der Waals surface area (Å²) in [5.41, 5.74) is 2.84. The average molecular weight is 381 g/mol. The molecule has 0 aromatic heterocycles. The van der Waals surface area contributed by atoms with Crippen LogP contribution in [0.25, 0.3) is 0 Å². The number of likely N-dealkylation sites (N-methyl/N-ethyl adjacent to an activating group) is 1. The number of likely N-dealkylation sites (tertiary alicyclic amines) is 1. The molecule has 2 aromatic rings. The van der Waals surface area contributed by atoms with Gasteiger partial charge in [0.2, 0.25) is 5.91 Å². The SMILES string of the molecule is CNC(=O)[C@@H]1C[C@@H](NCc2ccc(C(=O)OC)cc2)CN1Cc1ccccc1. The summed E-state index contributed by atoms with van der Waals surface area (Å²) < 4.78 is 4.72. The van der Waals surface area contributed by atoms with Gasteiger partial charge in [-0.05, 0) is 29.7 Å². The third kappa shape index (κ3) is 4.97. The first-order chi connectivity index (χ1) is 13.6. The summed E-state index contributed by atoms with van der Waals surface area (Å²) in [6, 6.07) is 17.7. The number of rotatable bonds is 7. The molecule has 2 aromatic carbocycles. The molecule has 28 heavy (non-hydrogen) atoms. The van der Waals surface area contributed by atoms with Crippen molar-refractivity contribution in [2.45, 2.75) is 31.6 Å². The molecule has 0 aliphatic carbocycles. The van der Waals surface area contributed by atoms with E-state index in [0.717, 1.165) is 25.1 Å². The second-order valence-electron chi connectivity index (χ2n) is 7.05. The van der Waals surface area contributed by atoms with Crippen molar-refractivity contribution in [3.8, 4) is 0 Å². The highest BCUT2D eigenvalue weighted by Crippen LogP contribution is 2.21. The molecule has 6 nitrogen and oxygen atoms in total. The molecule has 0 saturated carbocycles. The van der Waals surface area contributed by atoms with Gasteiger partial charge in [-0.2, -0.15) is 0 Å². The molecule has 3 rings (SSSR count). The average Bonchev–Trinajstić information content (AvgIpc) is 3.14. The van der Waals surface area contributed by atoms with Crippen molar-refractivity contribution in [2.24, 2.45) is 0 Å². The fraction of sp³-hybridized carbons (Fsp3) is 0.364. The first-order valence-electron chi connectivity index (χ1n) is 9.51. The lowest BCUT2D eigenvalue weighted by atomic mass is 10.1. The van der Waals surface area contributed by atoms with Crippen LogP contribution >= 0.6 is 0 Å². The van der Waals surface area contributed by atoms with Crippen molar-refractivity contribution in [1.29, 1.82) is 0 Å². The Kier molecular flexibility index (Phi) is 6.79. The summed E-state index contributed by atoms with van der Waals surface area (Å²) in [5.74, 6) is -0.275. The molecule has 1 amide bonds. The van der Waals surface area contributed by atoms with Crippen molar-refractivity contribution >= 4 is 11.9 Å². The zero-order valence-electron chi connectivity index (χ0n) is 16.4. The van der Waals surface area contributed by atoms with Crippen molar-refractivity contribution in [3.05, 3.63) is 71.3 Å². The molecule has 1 aliphatic rings. The number of amides is 1. The van der Waals surface area contributed by atoms with Gasteiger partial charge < -0.3 is 15.4 Å². The number of carbonyl (C=O) groups excluding carboxylic acids is 2. The first kappa shape index (κ1) is 20.0. The van der Waals surface area contributed by atoms with Gasteiger partial charge in [-0.15, -0.1) is 0 Å². The van der Waals surface area contributed by atoms with Gasteiger partial charge in [0, 0.05) is 32.7 Å². The van der Waals surface area contributed by atoms with E-state index in [1.165, 1.54) is 12.7 Å². The zero-order valence-corrected chi connectivity index (χ0v) is 16.4. The maximum atomic E-state index is 12.3. The van der Waals surface area contributed by atoms with Crippen LogP contribution in [0.3, 0.4) is 0 Å². The van der Waals surface area contributed by atoms with Crippen LogP contribution in [0, 0.1) is 0 Å². The molecule has 1 saturated heterocycles. The summed E-state index contributed by atoms with van der Waals surface area (Å²) in [6.45, 7) is 2.25. The Labute approximate surface area is 165 Å². The summed E-state index contributed by atoms with van der Waals surface area (Å²) in [6.07, 6.45) is 0.771. The number of nitrogens with one attached hydrogen (secondary N) is 2. The maximum Gasteiger partial charge on any atom is 0.337 e. The molecule has 6 heteroatoms. The molecule has 0 radical (unpaired) electrons. The minimum absolute atomic E-state index is 0.0580. The molecule has 0 bridgehead atoms.